The van der Waals surface area contributed by atoms with Gasteiger partial charge in [0.1, 0.15) is 5.75 Å². The zero-order valence-corrected chi connectivity index (χ0v) is 16.2. The molecule has 0 fully saturated rings. The lowest BCUT2D eigenvalue weighted by atomic mass is 10.0. The van der Waals surface area contributed by atoms with Gasteiger partial charge in [-0.15, -0.1) is 0 Å². The fourth-order valence-electron chi connectivity index (χ4n) is 3.03. The first kappa shape index (κ1) is 21.4. The maximum absolute atomic E-state index is 12.7. The zero-order valence-electron chi connectivity index (χ0n) is 16.2. The van der Waals surface area contributed by atoms with Gasteiger partial charge >= 0.3 is 12.1 Å². The van der Waals surface area contributed by atoms with Crippen LogP contribution in [0.5, 0.6) is 5.75 Å². The minimum Gasteiger partial charge on any atom is -0.494 e. The summed E-state index contributed by atoms with van der Waals surface area (Å²) < 4.78 is 43.6. The molecule has 0 aliphatic heterocycles. The summed E-state index contributed by atoms with van der Waals surface area (Å²) in [7, 11) is 0. The molecule has 3 nitrogen and oxygen atoms in total. The number of hydrogen-bond acceptors (Lipinski definition) is 2. The molecule has 0 amide bonds. The molecule has 0 bridgehead atoms. The van der Waals surface area contributed by atoms with Crippen LogP contribution >= 0.6 is 0 Å². The van der Waals surface area contributed by atoms with Crippen LogP contribution in [0.25, 0.3) is 11.1 Å². The smallest absolute Gasteiger partial charge is 0.416 e. The number of ether oxygens (including phenoxy) is 1. The van der Waals surface area contributed by atoms with Crippen molar-refractivity contribution in [2.24, 2.45) is 0 Å². The van der Waals surface area contributed by atoms with E-state index in [9.17, 15) is 18.0 Å². The molecule has 0 aromatic heterocycles. The fourth-order valence-corrected chi connectivity index (χ4v) is 3.03. The van der Waals surface area contributed by atoms with Crippen molar-refractivity contribution in [3.8, 4) is 16.9 Å². The first-order chi connectivity index (χ1) is 14.3. The molecular formula is C24H21F3O3. The van der Waals surface area contributed by atoms with Gasteiger partial charge in [0.15, 0.2) is 0 Å². The van der Waals surface area contributed by atoms with E-state index in [2.05, 4.69) is 0 Å². The highest BCUT2D eigenvalue weighted by atomic mass is 19.4. The number of aryl methyl sites for hydroxylation is 1. The second-order valence-electron chi connectivity index (χ2n) is 6.91. The summed E-state index contributed by atoms with van der Waals surface area (Å²) in [5.74, 6) is -0.327. The second-order valence-corrected chi connectivity index (χ2v) is 6.91. The Morgan fingerprint density at radius 2 is 1.37 bits per heavy atom. The first-order valence-electron chi connectivity index (χ1n) is 9.56. The number of hydrogen-bond donors (Lipinski definition) is 1. The Balaban J connectivity index is 1.44. The molecule has 0 saturated carbocycles. The summed E-state index contributed by atoms with van der Waals surface area (Å²) in [4.78, 5) is 10.8. The largest absolute Gasteiger partial charge is 0.494 e. The Kier molecular flexibility index (Phi) is 6.77. The highest BCUT2D eigenvalue weighted by molar-refractivity contribution is 5.87. The van der Waals surface area contributed by atoms with Gasteiger partial charge in [-0.3, -0.25) is 0 Å². The standard InChI is InChI=1S/C24H21F3O3/c25-24(26,27)21-12-8-19(9-13-21)18-6-4-17(5-7-18)3-1-2-16-30-22-14-10-20(11-15-22)23(28)29/h4-15H,1-3,16H2,(H,28,29). The normalized spacial score (nSPS) is 11.3. The topological polar surface area (TPSA) is 46.5 Å². The van der Waals surface area contributed by atoms with Crippen LogP contribution in [-0.4, -0.2) is 17.7 Å². The van der Waals surface area contributed by atoms with Gasteiger partial charge in [0.25, 0.3) is 0 Å². The van der Waals surface area contributed by atoms with Crippen molar-refractivity contribution in [2.45, 2.75) is 25.4 Å². The molecule has 3 aromatic carbocycles. The molecular weight excluding hydrogens is 393 g/mol. The van der Waals surface area contributed by atoms with Crippen molar-refractivity contribution >= 4 is 5.97 Å². The van der Waals surface area contributed by atoms with Crippen LogP contribution in [0.1, 0.15) is 34.3 Å². The van der Waals surface area contributed by atoms with Crippen molar-refractivity contribution < 1.29 is 27.8 Å². The number of carboxylic acid groups (broad SMARTS) is 1. The number of aromatic carboxylic acids is 1. The predicted octanol–water partition coefficient (Wildman–Crippen LogP) is 6.47. The molecule has 3 rings (SSSR count). The summed E-state index contributed by atoms with van der Waals surface area (Å²) in [6, 6.07) is 19.3. The van der Waals surface area contributed by atoms with Crippen LogP contribution in [0.15, 0.2) is 72.8 Å². The second kappa shape index (κ2) is 9.48. The zero-order chi connectivity index (χ0) is 21.6. The molecule has 6 heteroatoms. The van der Waals surface area contributed by atoms with E-state index in [1.165, 1.54) is 24.3 Å². The maximum atomic E-state index is 12.7. The van der Waals surface area contributed by atoms with Crippen LogP contribution in [-0.2, 0) is 12.6 Å². The van der Waals surface area contributed by atoms with E-state index in [1.807, 2.05) is 24.3 Å². The van der Waals surface area contributed by atoms with Gasteiger partial charge in [-0.05, 0) is 72.4 Å². The number of carbonyl (C=O) groups is 1. The van der Waals surface area contributed by atoms with Crippen molar-refractivity contribution in [1.29, 1.82) is 0 Å². The Morgan fingerprint density at radius 1 is 0.800 bits per heavy atom. The van der Waals surface area contributed by atoms with Gasteiger partial charge in [0.2, 0.25) is 0 Å². The van der Waals surface area contributed by atoms with E-state index >= 15 is 0 Å². The maximum Gasteiger partial charge on any atom is 0.416 e. The van der Waals surface area contributed by atoms with Crippen molar-refractivity contribution in [3.63, 3.8) is 0 Å². The third kappa shape index (κ3) is 5.86. The predicted molar refractivity (Wildman–Crippen MR) is 109 cm³/mol. The third-order valence-electron chi connectivity index (χ3n) is 4.73. The average molecular weight is 414 g/mol. The molecule has 0 unspecified atom stereocenters. The van der Waals surface area contributed by atoms with Crippen LogP contribution < -0.4 is 4.74 Å². The minimum absolute atomic E-state index is 0.224. The highest BCUT2D eigenvalue weighted by Crippen LogP contribution is 2.31. The summed E-state index contributed by atoms with van der Waals surface area (Å²) >= 11 is 0. The van der Waals surface area contributed by atoms with E-state index in [0.29, 0.717) is 12.4 Å². The molecule has 0 atom stereocenters. The first-order valence-corrected chi connectivity index (χ1v) is 9.56. The van der Waals surface area contributed by atoms with Gasteiger partial charge in [-0.2, -0.15) is 13.2 Å². The minimum atomic E-state index is -4.33. The lowest BCUT2D eigenvalue weighted by Crippen LogP contribution is -2.03. The summed E-state index contributed by atoms with van der Waals surface area (Å²) in [6.45, 7) is 0.538. The lowest BCUT2D eigenvalue weighted by Gasteiger charge is -2.09. The third-order valence-corrected chi connectivity index (χ3v) is 4.73. The van der Waals surface area contributed by atoms with Crippen LogP contribution in [0.4, 0.5) is 13.2 Å². The summed E-state index contributed by atoms with van der Waals surface area (Å²) in [6.07, 6.45) is -1.68. The molecule has 0 spiro atoms. The number of carboxylic acids is 1. The van der Waals surface area contributed by atoms with Gasteiger partial charge < -0.3 is 9.84 Å². The highest BCUT2D eigenvalue weighted by Gasteiger charge is 2.29. The Morgan fingerprint density at radius 3 is 1.90 bits per heavy atom. The van der Waals surface area contributed by atoms with E-state index in [4.69, 9.17) is 9.84 Å². The molecule has 0 saturated heterocycles. The van der Waals surface area contributed by atoms with E-state index in [1.54, 1.807) is 12.1 Å². The summed E-state index contributed by atoms with van der Waals surface area (Å²) in [5.41, 5.74) is 2.35. The SMILES string of the molecule is O=C(O)c1ccc(OCCCCc2ccc(-c3ccc(C(F)(F)F)cc3)cc2)cc1. The lowest BCUT2D eigenvalue weighted by molar-refractivity contribution is -0.137. The average Bonchev–Trinajstić information content (AvgIpc) is 2.74. The molecule has 3 aromatic rings. The Bertz CT molecular complexity index is 961. The van der Waals surface area contributed by atoms with E-state index < -0.39 is 17.7 Å². The van der Waals surface area contributed by atoms with Crippen LogP contribution in [0.2, 0.25) is 0 Å². The van der Waals surface area contributed by atoms with Gasteiger partial charge in [0.05, 0.1) is 17.7 Å². The van der Waals surface area contributed by atoms with Crippen LogP contribution in [0, 0.1) is 0 Å². The van der Waals surface area contributed by atoms with Crippen molar-refractivity contribution in [2.75, 3.05) is 6.61 Å². The molecule has 0 heterocycles. The van der Waals surface area contributed by atoms with Gasteiger partial charge in [-0.1, -0.05) is 36.4 Å². The van der Waals surface area contributed by atoms with Gasteiger partial charge in [0, 0.05) is 0 Å². The van der Waals surface area contributed by atoms with Crippen molar-refractivity contribution in [1.82, 2.24) is 0 Å². The number of halogens is 3. The molecule has 156 valence electrons. The van der Waals surface area contributed by atoms with E-state index in [-0.39, 0.29) is 5.56 Å². The Hall–Kier alpha value is -3.28. The van der Waals surface area contributed by atoms with E-state index in [0.717, 1.165) is 48.1 Å². The molecule has 0 aliphatic rings. The fraction of sp³-hybridized carbons (Fsp3) is 0.208. The molecule has 0 aliphatic carbocycles. The molecule has 0 radical (unpaired) electrons. The molecule has 1 N–H and O–H groups in total. The van der Waals surface area contributed by atoms with Crippen molar-refractivity contribution in [3.05, 3.63) is 89.5 Å². The number of alkyl halides is 3. The number of benzene rings is 3. The van der Waals surface area contributed by atoms with Gasteiger partial charge in [-0.25, -0.2) is 4.79 Å². The number of unbranched alkanes of at least 4 members (excludes halogenated alkanes) is 1. The van der Waals surface area contributed by atoms with Crippen LogP contribution in [0.3, 0.4) is 0 Å². The number of rotatable bonds is 8. The quantitative estimate of drug-likeness (QED) is 0.430. The Labute approximate surface area is 172 Å². The monoisotopic (exact) mass is 414 g/mol. The summed E-state index contributed by atoms with van der Waals surface area (Å²) in [5, 5.41) is 8.87. The molecule has 30 heavy (non-hydrogen) atoms.